The number of ether oxygens (including phenoxy) is 1. The van der Waals surface area contributed by atoms with Gasteiger partial charge in [-0.25, -0.2) is 4.79 Å². The SMILES string of the molecule is C[C@@H]1CCC[C@@H](C)N1C(=O)COC(=O)c1ccc2c(c1)C(=O)N(C1CCCCC1)C2=O. The minimum atomic E-state index is -0.662. The Hall–Kier alpha value is -2.70. The van der Waals surface area contributed by atoms with Crippen molar-refractivity contribution >= 4 is 23.7 Å². The normalized spacial score (nSPS) is 24.3. The summed E-state index contributed by atoms with van der Waals surface area (Å²) in [5.74, 6) is -1.49. The van der Waals surface area contributed by atoms with Crippen molar-refractivity contribution in [3.8, 4) is 0 Å². The zero-order chi connectivity index (χ0) is 22.1. The van der Waals surface area contributed by atoms with Crippen LogP contribution in [0.5, 0.6) is 0 Å². The first kappa shape index (κ1) is 21.5. The fraction of sp³-hybridized carbons (Fsp3) is 0.583. The van der Waals surface area contributed by atoms with Crippen molar-refractivity contribution in [1.29, 1.82) is 0 Å². The van der Waals surface area contributed by atoms with Crippen LogP contribution in [0.3, 0.4) is 0 Å². The Bertz CT molecular complexity index is 895. The molecule has 0 bridgehead atoms. The summed E-state index contributed by atoms with van der Waals surface area (Å²) < 4.78 is 5.26. The Labute approximate surface area is 182 Å². The predicted molar refractivity (Wildman–Crippen MR) is 114 cm³/mol. The Kier molecular flexibility index (Phi) is 6.12. The summed E-state index contributed by atoms with van der Waals surface area (Å²) in [7, 11) is 0. The van der Waals surface area contributed by atoms with Crippen LogP contribution < -0.4 is 0 Å². The van der Waals surface area contributed by atoms with Crippen LogP contribution >= 0.6 is 0 Å². The van der Waals surface area contributed by atoms with Gasteiger partial charge in [-0.15, -0.1) is 0 Å². The lowest BCUT2D eigenvalue weighted by Gasteiger charge is -2.38. The minimum absolute atomic E-state index is 0.0669. The standard InChI is InChI=1S/C24H30N2O5/c1-15-7-6-8-16(2)25(15)21(27)14-31-24(30)17-11-12-19-20(13-17)23(29)26(22(19)28)18-9-4-3-5-10-18/h11-13,15-16,18H,3-10,14H2,1-2H3/t15-,16-/m1/s1. The van der Waals surface area contributed by atoms with E-state index in [9.17, 15) is 19.2 Å². The highest BCUT2D eigenvalue weighted by Gasteiger charge is 2.40. The van der Waals surface area contributed by atoms with Gasteiger partial charge in [0.1, 0.15) is 0 Å². The number of nitrogens with zero attached hydrogens (tertiary/aromatic N) is 2. The number of likely N-dealkylation sites (tertiary alicyclic amines) is 1. The summed E-state index contributed by atoms with van der Waals surface area (Å²) in [6.45, 7) is 3.69. The van der Waals surface area contributed by atoms with Gasteiger partial charge in [0.25, 0.3) is 17.7 Å². The van der Waals surface area contributed by atoms with Crippen molar-refractivity contribution < 1.29 is 23.9 Å². The molecule has 1 saturated carbocycles. The minimum Gasteiger partial charge on any atom is -0.452 e. The summed E-state index contributed by atoms with van der Waals surface area (Å²) in [5.41, 5.74) is 0.756. The van der Waals surface area contributed by atoms with Gasteiger partial charge in [0.15, 0.2) is 6.61 Å². The van der Waals surface area contributed by atoms with Crippen LogP contribution in [0.25, 0.3) is 0 Å². The third-order valence-corrected chi connectivity index (χ3v) is 6.90. The molecule has 4 rings (SSSR count). The molecule has 1 aliphatic carbocycles. The third kappa shape index (κ3) is 4.10. The lowest BCUT2D eigenvalue weighted by molar-refractivity contribution is -0.140. The Morgan fingerprint density at radius 1 is 0.903 bits per heavy atom. The quantitative estimate of drug-likeness (QED) is 0.543. The average molecular weight is 427 g/mol. The molecule has 1 aromatic rings. The van der Waals surface area contributed by atoms with Crippen LogP contribution in [0.15, 0.2) is 18.2 Å². The summed E-state index contributed by atoms with van der Waals surface area (Å²) >= 11 is 0. The fourth-order valence-corrected chi connectivity index (χ4v) is 5.26. The van der Waals surface area contributed by atoms with Crippen LogP contribution in [0.4, 0.5) is 0 Å². The molecular formula is C24H30N2O5. The fourth-order valence-electron chi connectivity index (χ4n) is 5.26. The molecule has 31 heavy (non-hydrogen) atoms. The average Bonchev–Trinajstić information content (AvgIpc) is 3.02. The Morgan fingerprint density at radius 3 is 2.23 bits per heavy atom. The molecule has 1 saturated heterocycles. The summed E-state index contributed by atoms with van der Waals surface area (Å²) in [5, 5.41) is 0. The molecule has 3 aliphatic rings. The molecule has 0 aromatic heterocycles. The number of benzene rings is 1. The monoisotopic (exact) mass is 426 g/mol. The molecule has 7 nitrogen and oxygen atoms in total. The Morgan fingerprint density at radius 2 is 1.55 bits per heavy atom. The van der Waals surface area contributed by atoms with Crippen LogP contribution in [0, 0.1) is 0 Å². The molecule has 1 aromatic carbocycles. The van der Waals surface area contributed by atoms with E-state index in [4.69, 9.17) is 4.74 Å². The lowest BCUT2D eigenvalue weighted by atomic mass is 9.94. The van der Waals surface area contributed by atoms with Crippen LogP contribution in [0.1, 0.15) is 96.3 Å². The van der Waals surface area contributed by atoms with Gasteiger partial charge in [-0.3, -0.25) is 19.3 Å². The van der Waals surface area contributed by atoms with Crippen molar-refractivity contribution in [1.82, 2.24) is 9.80 Å². The van der Waals surface area contributed by atoms with Crippen LogP contribution in [-0.2, 0) is 9.53 Å². The van der Waals surface area contributed by atoms with Gasteiger partial charge in [-0.05, 0) is 64.2 Å². The number of amides is 3. The van der Waals surface area contributed by atoms with Gasteiger partial charge < -0.3 is 9.64 Å². The van der Waals surface area contributed by atoms with E-state index in [1.807, 2.05) is 13.8 Å². The summed E-state index contributed by atoms with van der Waals surface area (Å²) in [6, 6.07) is 4.63. The predicted octanol–water partition coefficient (Wildman–Crippen LogP) is 3.56. The van der Waals surface area contributed by atoms with Gasteiger partial charge in [0.2, 0.25) is 0 Å². The van der Waals surface area contributed by atoms with E-state index >= 15 is 0 Å². The number of hydrogen-bond acceptors (Lipinski definition) is 5. The number of imide groups is 1. The molecule has 166 valence electrons. The van der Waals surface area contributed by atoms with E-state index in [0.717, 1.165) is 51.4 Å². The maximum Gasteiger partial charge on any atom is 0.338 e. The van der Waals surface area contributed by atoms with E-state index in [-0.39, 0.29) is 53.6 Å². The van der Waals surface area contributed by atoms with Gasteiger partial charge in [0, 0.05) is 18.1 Å². The molecule has 2 heterocycles. The second-order valence-corrected chi connectivity index (χ2v) is 9.04. The molecule has 2 aliphatic heterocycles. The smallest absolute Gasteiger partial charge is 0.338 e. The molecule has 0 N–H and O–H groups in total. The van der Waals surface area contributed by atoms with Crippen LogP contribution in [0.2, 0.25) is 0 Å². The highest BCUT2D eigenvalue weighted by atomic mass is 16.5. The zero-order valence-corrected chi connectivity index (χ0v) is 18.3. The highest BCUT2D eigenvalue weighted by molar-refractivity contribution is 6.22. The lowest BCUT2D eigenvalue weighted by Crippen LogP contribution is -2.49. The van der Waals surface area contributed by atoms with Crippen LogP contribution in [-0.4, -0.2) is 58.2 Å². The molecule has 2 atom stereocenters. The van der Waals surface area contributed by atoms with Crippen molar-refractivity contribution in [2.75, 3.05) is 6.61 Å². The number of carbonyl (C=O) groups excluding carboxylic acids is 4. The van der Waals surface area contributed by atoms with E-state index in [2.05, 4.69) is 0 Å². The molecule has 0 unspecified atom stereocenters. The van der Waals surface area contributed by atoms with Gasteiger partial charge in [-0.1, -0.05) is 19.3 Å². The van der Waals surface area contributed by atoms with Gasteiger partial charge in [0.05, 0.1) is 16.7 Å². The van der Waals surface area contributed by atoms with Crippen molar-refractivity contribution in [2.24, 2.45) is 0 Å². The molecule has 0 radical (unpaired) electrons. The van der Waals surface area contributed by atoms with E-state index in [0.29, 0.717) is 5.56 Å². The topological polar surface area (TPSA) is 84.0 Å². The van der Waals surface area contributed by atoms with E-state index in [1.54, 1.807) is 4.90 Å². The second-order valence-electron chi connectivity index (χ2n) is 9.04. The van der Waals surface area contributed by atoms with E-state index < -0.39 is 5.97 Å². The van der Waals surface area contributed by atoms with E-state index in [1.165, 1.54) is 23.1 Å². The maximum absolute atomic E-state index is 12.9. The molecule has 2 fully saturated rings. The zero-order valence-electron chi connectivity index (χ0n) is 18.3. The van der Waals surface area contributed by atoms with Gasteiger partial charge >= 0.3 is 5.97 Å². The Balaban J connectivity index is 1.43. The number of rotatable bonds is 4. The maximum atomic E-state index is 12.9. The van der Waals surface area contributed by atoms with Gasteiger partial charge in [-0.2, -0.15) is 0 Å². The number of hydrogen-bond donors (Lipinski definition) is 0. The molecule has 7 heteroatoms. The number of piperidine rings is 1. The largest absolute Gasteiger partial charge is 0.452 e. The first-order chi connectivity index (χ1) is 14.9. The highest BCUT2D eigenvalue weighted by Crippen LogP contribution is 2.31. The summed E-state index contributed by atoms with van der Waals surface area (Å²) in [6.07, 6.45) is 7.79. The van der Waals surface area contributed by atoms with Crippen molar-refractivity contribution in [3.63, 3.8) is 0 Å². The number of esters is 1. The third-order valence-electron chi connectivity index (χ3n) is 6.90. The number of fused-ring (bicyclic) bond motifs is 1. The summed E-state index contributed by atoms with van der Waals surface area (Å²) in [4.78, 5) is 54.0. The number of carbonyl (C=O) groups is 4. The first-order valence-electron chi connectivity index (χ1n) is 11.4. The van der Waals surface area contributed by atoms with Crippen molar-refractivity contribution in [3.05, 3.63) is 34.9 Å². The molecular weight excluding hydrogens is 396 g/mol. The second kappa shape index (κ2) is 8.81. The van der Waals surface area contributed by atoms with Crippen molar-refractivity contribution in [2.45, 2.75) is 83.3 Å². The first-order valence-corrected chi connectivity index (χ1v) is 11.4. The molecule has 0 spiro atoms. The molecule has 3 amide bonds.